The van der Waals surface area contributed by atoms with Crippen molar-refractivity contribution in [3.8, 4) is 16.2 Å². The van der Waals surface area contributed by atoms with Crippen molar-refractivity contribution in [3.63, 3.8) is 0 Å². The minimum atomic E-state index is -0.616. The van der Waals surface area contributed by atoms with Gasteiger partial charge in [-0.2, -0.15) is 0 Å². The molecule has 0 unspecified atom stereocenters. The van der Waals surface area contributed by atoms with Crippen LogP contribution in [-0.4, -0.2) is 24.2 Å². The van der Waals surface area contributed by atoms with E-state index in [0.717, 1.165) is 10.4 Å². The van der Waals surface area contributed by atoms with Gasteiger partial charge in [0.15, 0.2) is 12.4 Å². The summed E-state index contributed by atoms with van der Waals surface area (Å²) >= 11 is 1.27. The first-order valence-corrected chi connectivity index (χ1v) is 9.28. The lowest BCUT2D eigenvalue weighted by Gasteiger charge is -2.07. The van der Waals surface area contributed by atoms with Crippen LogP contribution in [-0.2, 0) is 4.79 Å². The second kappa shape index (κ2) is 8.49. The molecule has 3 aromatic rings. The summed E-state index contributed by atoms with van der Waals surface area (Å²) in [6.45, 7) is 1.24. The van der Waals surface area contributed by atoms with E-state index in [1.54, 1.807) is 30.3 Å². The predicted molar refractivity (Wildman–Crippen MR) is 109 cm³/mol. The highest BCUT2D eigenvalue weighted by molar-refractivity contribution is 7.20. The molecule has 0 fully saturated rings. The van der Waals surface area contributed by atoms with Crippen molar-refractivity contribution < 1.29 is 19.1 Å². The molecule has 3 rings (SSSR count). The molecule has 0 radical (unpaired) electrons. The maximum absolute atomic E-state index is 12.2. The van der Waals surface area contributed by atoms with Crippen LogP contribution in [0.3, 0.4) is 0 Å². The molecule has 2 aromatic carbocycles. The van der Waals surface area contributed by atoms with Crippen molar-refractivity contribution >= 4 is 33.9 Å². The molecule has 0 spiro atoms. The van der Waals surface area contributed by atoms with Crippen molar-refractivity contribution in [1.29, 1.82) is 0 Å². The lowest BCUT2D eigenvalue weighted by molar-refractivity contribution is -0.118. The Kier molecular flexibility index (Phi) is 5.86. The molecule has 2 amide bonds. The SMILES string of the molecule is CC(=O)c1ccc(OCC(=O)Nc2sc(-c3ccccc3)cc2C(N)=O)cc1. The van der Waals surface area contributed by atoms with E-state index in [9.17, 15) is 14.4 Å². The van der Waals surface area contributed by atoms with Crippen molar-refractivity contribution in [2.45, 2.75) is 6.92 Å². The summed E-state index contributed by atoms with van der Waals surface area (Å²) in [6, 6.07) is 17.7. The number of benzene rings is 2. The molecule has 1 heterocycles. The van der Waals surface area contributed by atoms with Crippen molar-refractivity contribution in [3.05, 3.63) is 71.8 Å². The minimum Gasteiger partial charge on any atom is -0.484 e. The standard InChI is InChI=1S/C21H18N2O4S/c1-13(24)14-7-9-16(10-8-14)27-12-19(25)23-21-17(20(22)26)11-18(28-21)15-5-3-2-4-6-15/h2-11H,12H2,1H3,(H2,22,26)(H,23,25). The molecule has 142 valence electrons. The summed E-state index contributed by atoms with van der Waals surface area (Å²) in [6.07, 6.45) is 0. The number of rotatable bonds is 7. The molecule has 28 heavy (non-hydrogen) atoms. The molecule has 7 heteroatoms. The van der Waals surface area contributed by atoms with Crippen LogP contribution >= 0.6 is 11.3 Å². The Hall–Kier alpha value is -3.45. The Morgan fingerprint density at radius 3 is 2.32 bits per heavy atom. The minimum absolute atomic E-state index is 0.0461. The molecule has 0 aliphatic carbocycles. The fourth-order valence-electron chi connectivity index (χ4n) is 2.51. The molecule has 0 aliphatic rings. The number of thiophene rings is 1. The van der Waals surface area contributed by atoms with Crippen LogP contribution in [0.5, 0.6) is 5.75 Å². The molecule has 0 bridgehead atoms. The van der Waals surface area contributed by atoms with E-state index >= 15 is 0 Å². The van der Waals surface area contributed by atoms with E-state index < -0.39 is 11.8 Å². The molecular formula is C21H18N2O4S. The van der Waals surface area contributed by atoms with Gasteiger partial charge in [0.25, 0.3) is 11.8 Å². The van der Waals surface area contributed by atoms with Crippen LogP contribution in [0.2, 0.25) is 0 Å². The van der Waals surface area contributed by atoms with E-state index in [0.29, 0.717) is 16.3 Å². The second-order valence-electron chi connectivity index (χ2n) is 6.00. The number of ether oxygens (including phenoxy) is 1. The van der Waals surface area contributed by atoms with Gasteiger partial charge in [0.1, 0.15) is 10.8 Å². The number of hydrogen-bond donors (Lipinski definition) is 2. The summed E-state index contributed by atoms with van der Waals surface area (Å²) in [4.78, 5) is 36.1. The first kappa shape index (κ1) is 19.3. The summed E-state index contributed by atoms with van der Waals surface area (Å²) in [5.41, 5.74) is 7.19. The Bertz CT molecular complexity index is 1010. The normalized spacial score (nSPS) is 10.3. The Morgan fingerprint density at radius 2 is 1.71 bits per heavy atom. The van der Waals surface area contributed by atoms with Crippen LogP contribution in [0.25, 0.3) is 10.4 Å². The zero-order chi connectivity index (χ0) is 20.1. The van der Waals surface area contributed by atoms with Gasteiger partial charge < -0.3 is 15.8 Å². The van der Waals surface area contributed by atoms with Crippen molar-refractivity contribution in [2.24, 2.45) is 5.73 Å². The third kappa shape index (κ3) is 4.63. The average Bonchev–Trinajstić information content (AvgIpc) is 3.11. The van der Waals surface area contributed by atoms with Gasteiger partial charge in [0, 0.05) is 10.4 Å². The van der Waals surface area contributed by atoms with Crippen molar-refractivity contribution in [1.82, 2.24) is 0 Å². The Morgan fingerprint density at radius 1 is 1.04 bits per heavy atom. The first-order valence-electron chi connectivity index (χ1n) is 8.47. The monoisotopic (exact) mass is 394 g/mol. The van der Waals surface area contributed by atoms with Crippen LogP contribution in [0, 0.1) is 0 Å². The highest BCUT2D eigenvalue weighted by atomic mass is 32.1. The highest BCUT2D eigenvalue weighted by Crippen LogP contribution is 2.35. The van der Waals surface area contributed by atoms with E-state index in [-0.39, 0.29) is 18.0 Å². The van der Waals surface area contributed by atoms with Crippen LogP contribution in [0.1, 0.15) is 27.6 Å². The first-order chi connectivity index (χ1) is 13.4. The number of ketones is 1. The van der Waals surface area contributed by atoms with Gasteiger partial charge in [-0.1, -0.05) is 30.3 Å². The molecule has 3 N–H and O–H groups in total. The van der Waals surface area contributed by atoms with E-state index in [2.05, 4.69) is 5.32 Å². The topological polar surface area (TPSA) is 98.5 Å². The second-order valence-corrected chi connectivity index (χ2v) is 7.05. The van der Waals surface area contributed by atoms with Gasteiger partial charge in [-0.3, -0.25) is 14.4 Å². The van der Waals surface area contributed by atoms with Gasteiger partial charge in [0.05, 0.1) is 5.56 Å². The number of nitrogens with one attached hydrogen (secondary N) is 1. The molecule has 0 aliphatic heterocycles. The Labute approximate surface area is 165 Å². The van der Waals surface area contributed by atoms with Gasteiger partial charge >= 0.3 is 0 Å². The fraction of sp³-hybridized carbons (Fsp3) is 0.0952. The Balaban J connectivity index is 1.68. The van der Waals surface area contributed by atoms with Gasteiger partial charge in [-0.05, 0) is 42.8 Å². The van der Waals surface area contributed by atoms with Crippen molar-refractivity contribution in [2.75, 3.05) is 11.9 Å². The number of nitrogens with two attached hydrogens (primary N) is 1. The molecule has 0 saturated heterocycles. The number of carbonyl (C=O) groups is 3. The lowest BCUT2D eigenvalue weighted by Crippen LogP contribution is -2.21. The summed E-state index contributed by atoms with van der Waals surface area (Å²) in [5.74, 6) is -0.615. The number of anilines is 1. The third-order valence-electron chi connectivity index (χ3n) is 3.94. The molecule has 0 atom stereocenters. The maximum Gasteiger partial charge on any atom is 0.262 e. The summed E-state index contributed by atoms with van der Waals surface area (Å²) in [7, 11) is 0. The number of primary amides is 1. The third-order valence-corrected chi connectivity index (χ3v) is 5.04. The number of carbonyl (C=O) groups excluding carboxylic acids is 3. The van der Waals surface area contributed by atoms with Gasteiger partial charge in [-0.15, -0.1) is 11.3 Å². The van der Waals surface area contributed by atoms with Crippen LogP contribution < -0.4 is 15.8 Å². The highest BCUT2D eigenvalue weighted by Gasteiger charge is 2.17. The quantitative estimate of drug-likeness (QED) is 0.597. The number of amides is 2. The largest absolute Gasteiger partial charge is 0.484 e. The maximum atomic E-state index is 12.2. The summed E-state index contributed by atoms with van der Waals surface area (Å²) < 4.78 is 5.43. The number of Topliss-reactive ketones (excluding diaryl/α,β-unsaturated/α-hetero) is 1. The molecular weight excluding hydrogens is 376 g/mol. The smallest absolute Gasteiger partial charge is 0.262 e. The number of hydrogen-bond acceptors (Lipinski definition) is 5. The predicted octanol–water partition coefficient (Wildman–Crippen LogP) is 3.73. The molecule has 6 nitrogen and oxygen atoms in total. The van der Waals surface area contributed by atoms with Crippen LogP contribution in [0.4, 0.5) is 5.00 Å². The van der Waals surface area contributed by atoms with E-state index in [1.165, 1.54) is 18.3 Å². The lowest BCUT2D eigenvalue weighted by atomic mass is 10.1. The van der Waals surface area contributed by atoms with Gasteiger partial charge in [-0.25, -0.2) is 0 Å². The average molecular weight is 394 g/mol. The zero-order valence-corrected chi connectivity index (χ0v) is 15.9. The zero-order valence-electron chi connectivity index (χ0n) is 15.1. The molecule has 0 saturated carbocycles. The van der Waals surface area contributed by atoms with E-state index in [1.807, 2.05) is 30.3 Å². The fourth-order valence-corrected chi connectivity index (χ4v) is 3.59. The van der Waals surface area contributed by atoms with E-state index in [4.69, 9.17) is 10.5 Å². The molecule has 1 aromatic heterocycles. The summed E-state index contributed by atoms with van der Waals surface area (Å²) in [5, 5.41) is 3.06. The van der Waals surface area contributed by atoms with Crippen LogP contribution in [0.15, 0.2) is 60.7 Å². The van der Waals surface area contributed by atoms with Gasteiger partial charge in [0.2, 0.25) is 0 Å².